The first-order valence-corrected chi connectivity index (χ1v) is 10.3. The first-order chi connectivity index (χ1) is 11.5. The number of phosphoric acid groups is 1. The van der Waals surface area contributed by atoms with Gasteiger partial charge >= 0.3 is 7.82 Å². The summed E-state index contributed by atoms with van der Waals surface area (Å²) in [7, 11) is -0.830. The Morgan fingerprint density at radius 1 is 1.15 bits per heavy atom. The molecule has 26 heavy (non-hydrogen) atoms. The van der Waals surface area contributed by atoms with Crippen molar-refractivity contribution in [3.63, 3.8) is 0 Å². The molecule has 0 spiro atoms. The zero-order valence-corrected chi connectivity index (χ0v) is 17.6. The Bertz CT molecular complexity index is 598. The largest absolute Gasteiger partial charge is 0.472 e. The van der Waals surface area contributed by atoms with Crippen LogP contribution in [0.5, 0.6) is 0 Å². The van der Waals surface area contributed by atoms with Crippen LogP contribution in [0.4, 0.5) is 0 Å². The van der Waals surface area contributed by atoms with E-state index in [0.717, 1.165) is 0 Å². The van der Waals surface area contributed by atoms with Gasteiger partial charge < -0.3 is 24.6 Å². The topological polar surface area (TPSA) is 115 Å². The van der Waals surface area contributed by atoms with E-state index >= 15 is 0 Å². The van der Waals surface area contributed by atoms with Crippen LogP contribution in [0.25, 0.3) is 0 Å². The van der Waals surface area contributed by atoms with Gasteiger partial charge in [0.15, 0.2) is 0 Å². The highest BCUT2D eigenvalue weighted by atomic mass is 31.2. The van der Waals surface area contributed by atoms with Crippen molar-refractivity contribution in [3.8, 4) is 0 Å². The molecule has 2 heterocycles. The number of rotatable bonds is 6. The van der Waals surface area contributed by atoms with Crippen molar-refractivity contribution in [3.05, 3.63) is 0 Å². The molecule has 0 bridgehead atoms. The molecule has 2 aliphatic heterocycles. The van der Waals surface area contributed by atoms with Gasteiger partial charge in [0.1, 0.15) is 33.0 Å². The lowest BCUT2D eigenvalue weighted by molar-refractivity contribution is -0.142. The number of phosphoric ester groups is 1. The van der Waals surface area contributed by atoms with E-state index in [4.69, 9.17) is 18.5 Å². The molecule has 2 aliphatic rings. The van der Waals surface area contributed by atoms with Gasteiger partial charge in [0, 0.05) is 17.4 Å². The molecule has 0 aromatic rings. The quantitative estimate of drug-likeness (QED) is 0.401. The molecule has 8 nitrogen and oxygen atoms in total. The molecule has 3 N–H and O–H groups in total. The molecule has 11 heteroatoms. The normalized spacial score (nSPS) is 51.5. The fourth-order valence-electron chi connectivity index (χ4n) is 4.28. The number of aliphatic hydroxyl groups is 2. The van der Waals surface area contributed by atoms with Gasteiger partial charge in [-0.15, -0.1) is 0 Å². The molecule has 0 aromatic heterocycles. The first kappa shape index (κ1) is 22.4. The van der Waals surface area contributed by atoms with Crippen molar-refractivity contribution in [1.82, 2.24) is 0 Å². The van der Waals surface area contributed by atoms with E-state index in [0.29, 0.717) is 12.8 Å². The molecule has 0 aromatic carbocycles. The summed E-state index contributed by atoms with van der Waals surface area (Å²) in [6, 6.07) is 0. The minimum Gasteiger partial charge on any atom is -0.394 e. The van der Waals surface area contributed by atoms with Crippen molar-refractivity contribution in [2.75, 3.05) is 13.2 Å². The first-order valence-electron chi connectivity index (χ1n) is 8.84. The van der Waals surface area contributed by atoms with Crippen LogP contribution in [0.1, 0.15) is 47.5 Å². The van der Waals surface area contributed by atoms with Gasteiger partial charge in [0.2, 0.25) is 0 Å². The van der Waals surface area contributed by atoms with E-state index in [1.165, 1.54) is 0 Å². The second kappa shape index (κ2) is 6.56. The summed E-state index contributed by atoms with van der Waals surface area (Å²) in [5.74, 6) is 0. The van der Waals surface area contributed by atoms with Crippen molar-refractivity contribution in [2.24, 2.45) is 0 Å². The van der Waals surface area contributed by atoms with Gasteiger partial charge in [0.25, 0.3) is 0 Å². The van der Waals surface area contributed by atoms with Crippen LogP contribution >= 0.6 is 7.82 Å². The maximum atomic E-state index is 12.6. The van der Waals surface area contributed by atoms with E-state index in [9.17, 15) is 19.7 Å². The lowest BCUT2D eigenvalue weighted by atomic mass is 9.75. The van der Waals surface area contributed by atoms with Gasteiger partial charge in [-0.05, 0) is 41.0 Å². The molecule has 2 fully saturated rings. The number of hydrogen-bond acceptors (Lipinski definition) is 7. The predicted molar refractivity (Wildman–Crippen MR) is 100 cm³/mol. The highest BCUT2D eigenvalue weighted by molar-refractivity contribution is 7.47. The van der Waals surface area contributed by atoms with Crippen molar-refractivity contribution in [1.29, 1.82) is 0 Å². The third-order valence-corrected chi connectivity index (χ3v) is 6.43. The Morgan fingerprint density at radius 3 is 2.19 bits per heavy atom. The summed E-state index contributed by atoms with van der Waals surface area (Å²) >= 11 is 0. The average molecular weight is 392 g/mol. The third kappa shape index (κ3) is 4.55. The smallest absolute Gasteiger partial charge is 0.394 e. The van der Waals surface area contributed by atoms with Crippen LogP contribution in [0.2, 0.25) is 0 Å². The van der Waals surface area contributed by atoms with E-state index in [-0.39, 0.29) is 13.2 Å². The minimum atomic E-state index is -4.49. The highest BCUT2D eigenvalue weighted by Crippen LogP contribution is 2.54. The molecule has 0 radical (unpaired) electrons. The molecule has 2 rings (SSSR count). The van der Waals surface area contributed by atoms with Crippen molar-refractivity contribution in [2.45, 2.75) is 81.4 Å². The van der Waals surface area contributed by atoms with E-state index < -0.39 is 41.7 Å². The molecular formula is C15H31B2O8P. The zero-order chi connectivity index (χ0) is 20.2. The molecule has 7 atom stereocenters. The molecule has 150 valence electrons. The Kier molecular flexibility index (Phi) is 5.64. The van der Waals surface area contributed by atoms with Gasteiger partial charge in [-0.1, -0.05) is 0 Å². The minimum absolute atomic E-state index is 0.317. The maximum Gasteiger partial charge on any atom is 0.472 e. The second-order valence-corrected chi connectivity index (χ2v) is 10.8. The van der Waals surface area contributed by atoms with Crippen molar-refractivity contribution >= 4 is 23.5 Å². The van der Waals surface area contributed by atoms with Crippen LogP contribution in [0.3, 0.4) is 0 Å². The van der Waals surface area contributed by atoms with Crippen LogP contribution in [0, 0.1) is 0 Å². The Morgan fingerprint density at radius 2 is 1.73 bits per heavy atom. The zero-order valence-electron chi connectivity index (χ0n) is 16.7. The van der Waals surface area contributed by atoms with Gasteiger partial charge in [-0.25, -0.2) is 4.57 Å². The van der Waals surface area contributed by atoms with E-state index in [2.05, 4.69) is 0 Å². The molecule has 2 saturated heterocycles. The Labute approximate surface area is 157 Å². The monoisotopic (exact) mass is 392 g/mol. The summed E-state index contributed by atoms with van der Waals surface area (Å²) in [4.78, 5) is 10.2. The maximum absolute atomic E-state index is 12.6. The third-order valence-electron chi connectivity index (χ3n) is 5.32. The second-order valence-electron chi connectivity index (χ2n) is 9.41. The highest BCUT2D eigenvalue weighted by Gasteiger charge is 2.58. The Balaban J connectivity index is 2.09. The van der Waals surface area contributed by atoms with Crippen LogP contribution in [-0.4, -0.2) is 77.9 Å². The summed E-state index contributed by atoms with van der Waals surface area (Å²) in [6.07, 6.45) is -0.0672. The van der Waals surface area contributed by atoms with Gasteiger partial charge in [-0.3, -0.25) is 9.05 Å². The molecular weight excluding hydrogens is 361 g/mol. The van der Waals surface area contributed by atoms with Crippen LogP contribution in [0.15, 0.2) is 0 Å². The summed E-state index contributed by atoms with van der Waals surface area (Å²) in [5.41, 5.74) is -4.76. The van der Waals surface area contributed by atoms with Crippen LogP contribution in [-0.2, 0) is 23.1 Å². The molecule has 0 amide bonds. The standard InChI is InChI=1S/C15H31B2O8P/c1-11(7-14(4,16)23-10(11)6-18)25-26(20,21)22-9-13(3)12(2,19)8-15(5,17)24-13/h10,18-19H,6-9,16-17H2,1-5H3,(H,20,21)/t10?,11-,12-,13?,14?,15?/m1/s1. The lowest BCUT2D eigenvalue weighted by Gasteiger charge is -2.36. The fraction of sp³-hybridized carbons (Fsp3) is 1.00. The fourth-order valence-corrected chi connectivity index (χ4v) is 5.45. The summed E-state index contributed by atoms with van der Waals surface area (Å²) in [6.45, 7) is 7.87. The SMILES string of the molecule is BC1(C)C[C@@](C)(OP(=O)(O)OCC2(C)OC(B)(C)C[C@@]2(C)O)C(CO)O1. The summed E-state index contributed by atoms with van der Waals surface area (Å²) in [5, 5.41) is 20.2. The summed E-state index contributed by atoms with van der Waals surface area (Å²) < 4.78 is 34.8. The molecule has 0 saturated carbocycles. The Hall–Kier alpha value is 0.0799. The number of ether oxygens (including phenoxy) is 2. The lowest BCUT2D eigenvalue weighted by Crippen LogP contribution is -2.50. The number of aliphatic hydroxyl groups excluding tert-OH is 1. The van der Waals surface area contributed by atoms with E-state index in [1.54, 1.807) is 20.8 Å². The predicted octanol–water partition coefficient (Wildman–Crippen LogP) is -0.712. The number of hydrogen-bond donors (Lipinski definition) is 3. The van der Waals surface area contributed by atoms with Crippen LogP contribution < -0.4 is 0 Å². The molecule has 0 aliphatic carbocycles. The van der Waals surface area contributed by atoms with Gasteiger partial charge in [0.05, 0.1) is 18.8 Å². The average Bonchev–Trinajstić information content (AvgIpc) is 2.71. The van der Waals surface area contributed by atoms with Gasteiger partial charge in [-0.2, -0.15) is 0 Å². The molecule has 5 unspecified atom stereocenters. The van der Waals surface area contributed by atoms with Crippen molar-refractivity contribution < 1.29 is 38.2 Å². The van der Waals surface area contributed by atoms with E-state index in [1.807, 2.05) is 29.5 Å².